The van der Waals surface area contributed by atoms with Crippen molar-refractivity contribution in [3.8, 4) is 0 Å². The third-order valence-electron chi connectivity index (χ3n) is 2.47. The van der Waals surface area contributed by atoms with Crippen molar-refractivity contribution < 1.29 is 10.0 Å². The molecule has 0 amide bonds. The summed E-state index contributed by atoms with van der Waals surface area (Å²) in [5, 5.41) is 27.8. The summed E-state index contributed by atoms with van der Waals surface area (Å²) in [6, 6.07) is 13.2. The number of hydrogen-bond acceptors (Lipinski definition) is 5. The summed E-state index contributed by atoms with van der Waals surface area (Å²) in [4.78, 5) is 10.1. The lowest BCUT2D eigenvalue weighted by Gasteiger charge is -2.01. The largest absolute Gasteiger partial charge is 0.392 e. The first kappa shape index (κ1) is 12.8. The average molecular weight is 257 g/mol. The van der Waals surface area contributed by atoms with Gasteiger partial charge in [-0.1, -0.05) is 18.2 Å². The number of hydrogen-bond donors (Lipinski definition) is 1. The Balaban J connectivity index is 2.30. The van der Waals surface area contributed by atoms with Crippen LogP contribution in [0.4, 0.5) is 17.1 Å². The highest BCUT2D eigenvalue weighted by molar-refractivity contribution is 5.52. The van der Waals surface area contributed by atoms with Crippen molar-refractivity contribution in [2.24, 2.45) is 10.2 Å². The van der Waals surface area contributed by atoms with Gasteiger partial charge in [0.05, 0.1) is 22.9 Å². The summed E-state index contributed by atoms with van der Waals surface area (Å²) in [5.74, 6) is 0. The van der Waals surface area contributed by atoms with Crippen LogP contribution in [0, 0.1) is 10.1 Å². The second-order valence-corrected chi connectivity index (χ2v) is 3.76. The normalized spacial score (nSPS) is 10.8. The van der Waals surface area contributed by atoms with E-state index in [0.29, 0.717) is 16.9 Å². The van der Waals surface area contributed by atoms with Crippen LogP contribution in [0.3, 0.4) is 0 Å². The summed E-state index contributed by atoms with van der Waals surface area (Å²) in [7, 11) is 0. The van der Waals surface area contributed by atoms with Crippen molar-refractivity contribution >= 4 is 17.1 Å². The quantitative estimate of drug-likeness (QED) is 0.516. The lowest BCUT2D eigenvalue weighted by molar-refractivity contribution is -0.384. The van der Waals surface area contributed by atoms with E-state index in [-0.39, 0.29) is 12.3 Å². The van der Waals surface area contributed by atoms with Gasteiger partial charge < -0.3 is 5.11 Å². The van der Waals surface area contributed by atoms with Gasteiger partial charge in [-0.2, -0.15) is 10.2 Å². The highest BCUT2D eigenvalue weighted by Gasteiger charge is 2.09. The van der Waals surface area contributed by atoms with Crippen LogP contribution in [0.15, 0.2) is 58.8 Å². The van der Waals surface area contributed by atoms with Gasteiger partial charge in [-0.25, -0.2) is 0 Å². The number of aliphatic hydroxyl groups excluding tert-OH is 1. The van der Waals surface area contributed by atoms with E-state index < -0.39 is 4.92 Å². The SMILES string of the molecule is O=[N+]([O-])c1ccc(N=Nc2ccccc2)c(CO)c1. The summed E-state index contributed by atoms with van der Waals surface area (Å²) in [6.07, 6.45) is 0. The topological polar surface area (TPSA) is 88.1 Å². The standard InChI is InChI=1S/C13H11N3O3/c17-9-10-8-12(16(18)19)6-7-13(10)15-14-11-4-2-1-3-5-11/h1-8,17H,9H2. The van der Waals surface area contributed by atoms with Gasteiger partial charge in [0, 0.05) is 17.7 Å². The minimum Gasteiger partial charge on any atom is -0.392 e. The maximum absolute atomic E-state index is 10.6. The maximum Gasteiger partial charge on any atom is 0.269 e. The number of non-ortho nitro benzene ring substituents is 1. The number of benzene rings is 2. The smallest absolute Gasteiger partial charge is 0.269 e. The van der Waals surface area contributed by atoms with Gasteiger partial charge in [-0.05, 0) is 18.2 Å². The monoisotopic (exact) mass is 257 g/mol. The Morgan fingerprint density at radius 3 is 2.47 bits per heavy atom. The lowest BCUT2D eigenvalue weighted by Crippen LogP contribution is -1.90. The molecule has 0 spiro atoms. The van der Waals surface area contributed by atoms with Crippen molar-refractivity contribution in [1.29, 1.82) is 0 Å². The van der Waals surface area contributed by atoms with Gasteiger partial charge in [0.2, 0.25) is 0 Å². The zero-order valence-electron chi connectivity index (χ0n) is 9.93. The van der Waals surface area contributed by atoms with E-state index in [1.54, 1.807) is 12.1 Å². The molecule has 2 aromatic rings. The van der Waals surface area contributed by atoms with Crippen LogP contribution in [-0.2, 0) is 6.61 Å². The third kappa shape index (κ3) is 3.20. The van der Waals surface area contributed by atoms with E-state index in [1.807, 2.05) is 18.2 Å². The van der Waals surface area contributed by atoms with E-state index in [9.17, 15) is 15.2 Å². The molecule has 0 saturated heterocycles. The first-order chi connectivity index (χ1) is 9.20. The molecule has 0 saturated carbocycles. The fraction of sp³-hybridized carbons (Fsp3) is 0.0769. The molecule has 0 heterocycles. The van der Waals surface area contributed by atoms with Crippen molar-refractivity contribution in [2.45, 2.75) is 6.61 Å². The molecule has 0 fully saturated rings. The fourth-order valence-corrected chi connectivity index (χ4v) is 1.52. The lowest BCUT2D eigenvalue weighted by atomic mass is 10.2. The molecule has 1 N–H and O–H groups in total. The molecule has 0 aliphatic heterocycles. The minimum atomic E-state index is -0.517. The molecular formula is C13H11N3O3. The number of aliphatic hydroxyl groups is 1. The van der Waals surface area contributed by atoms with Gasteiger partial charge in [0.1, 0.15) is 0 Å². The third-order valence-corrected chi connectivity index (χ3v) is 2.47. The van der Waals surface area contributed by atoms with E-state index in [2.05, 4.69) is 10.2 Å². The second-order valence-electron chi connectivity index (χ2n) is 3.76. The minimum absolute atomic E-state index is 0.0808. The summed E-state index contributed by atoms with van der Waals surface area (Å²) < 4.78 is 0. The Labute approximate surface area is 109 Å². The van der Waals surface area contributed by atoms with Crippen molar-refractivity contribution in [3.63, 3.8) is 0 Å². The van der Waals surface area contributed by atoms with E-state index in [1.165, 1.54) is 18.2 Å². The van der Waals surface area contributed by atoms with Crippen LogP contribution < -0.4 is 0 Å². The van der Waals surface area contributed by atoms with Crippen LogP contribution in [0.25, 0.3) is 0 Å². The Bertz CT molecular complexity index is 612. The molecule has 6 nitrogen and oxygen atoms in total. The molecule has 6 heteroatoms. The summed E-state index contributed by atoms with van der Waals surface area (Å²) >= 11 is 0. The first-order valence-electron chi connectivity index (χ1n) is 5.55. The number of azo groups is 1. The average Bonchev–Trinajstić information content (AvgIpc) is 2.45. The second kappa shape index (κ2) is 5.83. The van der Waals surface area contributed by atoms with Crippen molar-refractivity contribution in [2.75, 3.05) is 0 Å². The molecule has 0 aromatic heterocycles. The molecule has 2 rings (SSSR count). The highest BCUT2D eigenvalue weighted by Crippen LogP contribution is 2.26. The van der Waals surface area contributed by atoms with Crippen molar-refractivity contribution in [3.05, 3.63) is 64.2 Å². The predicted molar refractivity (Wildman–Crippen MR) is 69.6 cm³/mol. The van der Waals surface area contributed by atoms with Crippen LogP contribution in [-0.4, -0.2) is 10.0 Å². The maximum atomic E-state index is 10.6. The van der Waals surface area contributed by atoms with Crippen LogP contribution in [0.1, 0.15) is 5.56 Å². The summed E-state index contributed by atoms with van der Waals surface area (Å²) in [5.41, 5.74) is 1.37. The Kier molecular flexibility index (Phi) is 3.94. The van der Waals surface area contributed by atoms with Crippen LogP contribution in [0.2, 0.25) is 0 Å². The zero-order chi connectivity index (χ0) is 13.7. The van der Waals surface area contributed by atoms with Gasteiger partial charge in [-0.15, -0.1) is 0 Å². The van der Waals surface area contributed by atoms with Gasteiger partial charge in [0.15, 0.2) is 0 Å². The van der Waals surface area contributed by atoms with E-state index in [4.69, 9.17) is 0 Å². The first-order valence-corrected chi connectivity index (χ1v) is 5.55. The molecule has 0 aliphatic carbocycles. The molecule has 0 atom stereocenters. The van der Waals surface area contributed by atoms with E-state index >= 15 is 0 Å². The molecule has 0 radical (unpaired) electrons. The molecule has 0 unspecified atom stereocenters. The van der Waals surface area contributed by atoms with Crippen LogP contribution >= 0.6 is 0 Å². The molecule has 19 heavy (non-hydrogen) atoms. The number of rotatable bonds is 4. The Morgan fingerprint density at radius 1 is 1.11 bits per heavy atom. The molecule has 0 aliphatic rings. The van der Waals surface area contributed by atoms with Crippen LogP contribution in [0.5, 0.6) is 0 Å². The summed E-state index contributed by atoms with van der Waals surface area (Å²) in [6.45, 7) is -0.329. The number of nitro groups is 1. The predicted octanol–water partition coefficient (Wildman–Crippen LogP) is 3.50. The number of nitrogens with zero attached hydrogens (tertiary/aromatic N) is 3. The van der Waals surface area contributed by atoms with Crippen molar-refractivity contribution in [1.82, 2.24) is 0 Å². The van der Waals surface area contributed by atoms with E-state index in [0.717, 1.165) is 0 Å². The molecule has 0 bridgehead atoms. The fourth-order valence-electron chi connectivity index (χ4n) is 1.52. The molecule has 2 aromatic carbocycles. The van der Waals surface area contributed by atoms with Gasteiger partial charge >= 0.3 is 0 Å². The Morgan fingerprint density at radius 2 is 1.84 bits per heavy atom. The zero-order valence-corrected chi connectivity index (χ0v) is 9.93. The molecule has 96 valence electrons. The van der Waals surface area contributed by atoms with Gasteiger partial charge in [-0.3, -0.25) is 10.1 Å². The van der Waals surface area contributed by atoms with Gasteiger partial charge in [0.25, 0.3) is 5.69 Å². The molecular weight excluding hydrogens is 246 g/mol. The number of nitro benzene ring substituents is 1. The Hall–Kier alpha value is -2.60. The highest BCUT2D eigenvalue weighted by atomic mass is 16.6.